The van der Waals surface area contributed by atoms with Gasteiger partial charge in [0.15, 0.2) is 0 Å². The fraction of sp³-hybridized carbons (Fsp3) is 0.793. The van der Waals surface area contributed by atoms with Crippen molar-refractivity contribution in [3.05, 3.63) is 34.9 Å². The molecule has 35 heavy (non-hydrogen) atoms. The number of hydrogen-bond donors (Lipinski definition) is 0. The van der Waals surface area contributed by atoms with E-state index in [9.17, 15) is 17.6 Å². The second kappa shape index (κ2) is 12.2. The van der Waals surface area contributed by atoms with Crippen LogP contribution in [-0.2, 0) is 10.1 Å². The quantitative estimate of drug-likeness (QED) is 0.247. The molecule has 0 radical (unpaired) electrons. The first-order valence-corrected chi connectivity index (χ1v) is 14.2. The number of rotatable bonds is 8. The minimum Gasteiger partial charge on any atom is -0.384 e. The molecule has 0 atom stereocenters. The van der Waals surface area contributed by atoms with Gasteiger partial charge in [0.25, 0.3) is 0 Å². The van der Waals surface area contributed by atoms with Gasteiger partial charge in [-0.1, -0.05) is 38.5 Å². The van der Waals surface area contributed by atoms with E-state index in [1.165, 1.54) is 64.2 Å². The van der Waals surface area contributed by atoms with Crippen LogP contribution in [0.2, 0.25) is 0 Å². The maximum atomic E-state index is 14.2. The van der Waals surface area contributed by atoms with Crippen LogP contribution in [0.3, 0.4) is 0 Å². The van der Waals surface area contributed by atoms with Crippen LogP contribution in [0.5, 0.6) is 0 Å². The number of halogens is 5. The number of alkyl halides is 3. The molecule has 0 aromatic heterocycles. The topological polar surface area (TPSA) is 9.23 Å². The molecule has 3 saturated carbocycles. The normalized spacial score (nSPS) is 32.5. The van der Waals surface area contributed by atoms with Crippen LogP contribution in [0.1, 0.15) is 107 Å². The Morgan fingerprint density at radius 2 is 1.17 bits per heavy atom. The summed E-state index contributed by atoms with van der Waals surface area (Å²) < 4.78 is 60.3. The molecule has 0 amide bonds. The van der Waals surface area contributed by atoms with Gasteiger partial charge < -0.3 is 4.74 Å². The second-order valence-electron chi connectivity index (χ2n) is 11.7. The van der Waals surface area contributed by atoms with Crippen molar-refractivity contribution in [2.24, 2.45) is 29.6 Å². The smallest absolute Gasteiger partial charge is 0.353 e. The molecule has 0 bridgehead atoms. The van der Waals surface area contributed by atoms with Crippen LogP contribution >= 0.6 is 11.6 Å². The van der Waals surface area contributed by atoms with Crippen molar-refractivity contribution in [1.29, 1.82) is 0 Å². The van der Waals surface area contributed by atoms with Crippen molar-refractivity contribution < 1.29 is 22.3 Å². The lowest BCUT2D eigenvalue weighted by atomic mass is 9.67. The first-order valence-electron chi connectivity index (χ1n) is 13.8. The van der Waals surface area contributed by atoms with E-state index in [1.54, 1.807) is 0 Å². The van der Waals surface area contributed by atoms with Gasteiger partial charge in [-0.2, -0.15) is 8.78 Å². The number of benzene rings is 1. The summed E-state index contributed by atoms with van der Waals surface area (Å²) in [6, 6.07) is 2.13. The van der Waals surface area contributed by atoms with Crippen molar-refractivity contribution in [2.45, 2.75) is 101 Å². The molecule has 3 aliphatic rings. The first kappa shape index (κ1) is 27.2. The second-order valence-corrected chi connectivity index (χ2v) is 12.1. The molecule has 3 fully saturated rings. The lowest BCUT2D eigenvalue weighted by molar-refractivity contribution is 0.0857. The van der Waals surface area contributed by atoms with Gasteiger partial charge in [0.05, 0.1) is 0 Å². The molecule has 1 aromatic carbocycles. The molecule has 3 aliphatic carbocycles. The Bertz CT molecular complexity index is 778. The number of hydrogen-bond acceptors (Lipinski definition) is 1. The Balaban J connectivity index is 1.18. The predicted molar refractivity (Wildman–Crippen MR) is 133 cm³/mol. The SMILES string of the molecule is COCC1CCC(CCC2CCC(C3CCC(c4cc(F)c(C(F)(F)Cl)c(F)c4)CC3)CC2)CC1. The molecule has 0 saturated heterocycles. The zero-order valence-electron chi connectivity index (χ0n) is 21.0. The van der Waals surface area contributed by atoms with Crippen molar-refractivity contribution in [3.8, 4) is 0 Å². The third kappa shape index (κ3) is 7.15. The van der Waals surface area contributed by atoms with Gasteiger partial charge in [0, 0.05) is 13.7 Å². The highest BCUT2D eigenvalue weighted by Gasteiger charge is 2.37. The highest BCUT2D eigenvalue weighted by Crippen LogP contribution is 2.46. The Morgan fingerprint density at radius 1 is 0.743 bits per heavy atom. The highest BCUT2D eigenvalue weighted by atomic mass is 35.5. The fourth-order valence-corrected chi connectivity index (χ4v) is 7.55. The molecule has 0 heterocycles. The Labute approximate surface area is 213 Å². The minimum absolute atomic E-state index is 0.0311. The molecule has 0 spiro atoms. The molecule has 1 nitrogen and oxygen atoms in total. The van der Waals surface area contributed by atoms with Crippen LogP contribution in [0.15, 0.2) is 12.1 Å². The third-order valence-corrected chi connectivity index (χ3v) is 9.69. The lowest BCUT2D eigenvalue weighted by Crippen LogP contribution is -2.26. The standard InChI is InChI=1S/C29H41ClF4O/c1-35-18-21-6-4-19(5-7-21)2-3-20-8-10-22(11-9-20)23-12-14-24(15-13-23)25-16-26(31)28(27(32)17-25)29(30,33)34/h16-17,19-24H,2-15,18H2,1H3. The van der Waals surface area contributed by atoms with Gasteiger partial charge in [-0.25, -0.2) is 8.78 Å². The van der Waals surface area contributed by atoms with Gasteiger partial charge in [-0.15, -0.1) is 0 Å². The van der Waals surface area contributed by atoms with E-state index in [2.05, 4.69) is 0 Å². The van der Waals surface area contributed by atoms with Gasteiger partial charge in [0.1, 0.15) is 17.2 Å². The van der Waals surface area contributed by atoms with Crippen LogP contribution in [-0.4, -0.2) is 13.7 Å². The summed E-state index contributed by atoms with van der Waals surface area (Å²) in [4.78, 5) is 0. The van der Waals surface area contributed by atoms with Crippen LogP contribution in [0, 0.1) is 41.2 Å². The summed E-state index contributed by atoms with van der Waals surface area (Å²) in [5, 5.41) is -4.03. The van der Waals surface area contributed by atoms with E-state index in [1.807, 2.05) is 7.11 Å². The van der Waals surface area contributed by atoms with Gasteiger partial charge >= 0.3 is 5.38 Å². The highest BCUT2D eigenvalue weighted by molar-refractivity contribution is 6.21. The maximum absolute atomic E-state index is 14.2. The Kier molecular flexibility index (Phi) is 9.46. The molecule has 0 N–H and O–H groups in total. The Hall–Kier alpha value is -0.810. The molecule has 4 rings (SSSR count). The van der Waals surface area contributed by atoms with Gasteiger partial charge in [-0.3, -0.25) is 0 Å². The molecular formula is C29H41ClF4O. The summed E-state index contributed by atoms with van der Waals surface area (Å²) >= 11 is 4.88. The molecule has 0 aliphatic heterocycles. The molecule has 198 valence electrons. The molecular weight excluding hydrogens is 476 g/mol. The van der Waals surface area contributed by atoms with Crippen LogP contribution in [0.25, 0.3) is 0 Å². The fourth-order valence-electron chi connectivity index (χ4n) is 7.37. The van der Waals surface area contributed by atoms with Crippen molar-refractivity contribution in [2.75, 3.05) is 13.7 Å². The molecule has 0 unspecified atom stereocenters. The summed E-state index contributed by atoms with van der Waals surface area (Å²) in [6.07, 6.45) is 17.3. The largest absolute Gasteiger partial charge is 0.384 e. The minimum atomic E-state index is -4.03. The molecule has 1 aromatic rings. The van der Waals surface area contributed by atoms with Crippen molar-refractivity contribution in [3.63, 3.8) is 0 Å². The summed E-state index contributed by atoms with van der Waals surface area (Å²) in [6.45, 7) is 0.922. The van der Waals surface area contributed by atoms with E-state index in [0.717, 1.165) is 68.1 Å². The molecule has 6 heteroatoms. The van der Waals surface area contributed by atoms with Gasteiger partial charge in [-0.05, 0) is 116 Å². The zero-order valence-corrected chi connectivity index (χ0v) is 21.8. The van der Waals surface area contributed by atoms with E-state index >= 15 is 0 Å². The van der Waals surface area contributed by atoms with Crippen LogP contribution in [0.4, 0.5) is 17.6 Å². The monoisotopic (exact) mass is 516 g/mol. The first-order chi connectivity index (χ1) is 16.7. The average molecular weight is 517 g/mol. The van der Waals surface area contributed by atoms with E-state index in [0.29, 0.717) is 11.5 Å². The third-order valence-electron chi connectivity index (χ3n) is 9.50. The maximum Gasteiger partial charge on any atom is 0.353 e. The van der Waals surface area contributed by atoms with Crippen molar-refractivity contribution in [1.82, 2.24) is 0 Å². The number of ether oxygens (including phenoxy) is 1. The van der Waals surface area contributed by atoms with Gasteiger partial charge in [0.2, 0.25) is 0 Å². The summed E-state index contributed by atoms with van der Waals surface area (Å²) in [5.41, 5.74) is -0.852. The van der Waals surface area contributed by atoms with Crippen LogP contribution < -0.4 is 0 Å². The average Bonchev–Trinajstić information content (AvgIpc) is 2.83. The van der Waals surface area contributed by atoms with Crippen molar-refractivity contribution >= 4 is 11.6 Å². The number of methoxy groups -OCH3 is 1. The lowest BCUT2D eigenvalue weighted by Gasteiger charge is -2.38. The van der Waals surface area contributed by atoms with E-state index in [4.69, 9.17) is 16.3 Å². The predicted octanol–water partition coefficient (Wildman–Crippen LogP) is 9.57. The van der Waals surface area contributed by atoms with E-state index in [-0.39, 0.29) is 5.92 Å². The summed E-state index contributed by atoms with van der Waals surface area (Å²) in [5.74, 6) is 1.55. The Morgan fingerprint density at radius 3 is 1.63 bits per heavy atom. The zero-order chi connectivity index (χ0) is 25.0. The van der Waals surface area contributed by atoms with E-state index < -0.39 is 22.6 Å². The summed E-state index contributed by atoms with van der Waals surface area (Å²) in [7, 11) is 1.81.